The first kappa shape index (κ1) is 17.8. The van der Waals surface area contributed by atoms with Gasteiger partial charge in [0, 0.05) is 18.2 Å². The highest BCUT2D eigenvalue weighted by atomic mass is 19.1. The van der Waals surface area contributed by atoms with Crippen molar-refractivity contribution in [1.82, 2.24) is 9.88 Å². The third kappa shape index (κ3) is 3.98. The van der Waals surface area contributed by atoms with Crippen molar-refractivity contribution >= 4 is 11.9 Å². The zero-order valence-electron chi connectivity index (χ0n) is 14.7. The van der Waals surface area contributed by atoms with Crippen LogP contribution in [0.2, 0.25) is 0 Å². The standard InChI is InChI=1S/C18H23FN2O4/c1-18(2,3)25-17(23)21-13-6-11(7-14(21)10-24-9-13)16(22)15-8-12(19)4-5-20-15/h4-5,8,11,13-14H,6-7,9-10H2,1-3H3. The van der Waals surface area contributed by atoms with Crippen molar-refractivity contribution in [3.63, 3.8) is 0 Å². The van der Waals surface area contributed by atoms with E-state index in [9.17, 15) is 14.0 Å². The number of rotatable bonds is 2. The highest BCUT2D eigenvalue weighted by Gasteiger charge is 2.45. The number of hydrogen-bond acceptors (Lipinski definition) is 5. The molecule has 1 amide bonds. The monoisotopic (exact) mass is 350 g/mol. The number of carbonyl (C=O) groups excluding carboxylic acids is 2. The second-order valence-corrected chi connectivity index (χ2v) is 7.62. The molecule has 0 saturated carbocycles. The van der Waals surface area contributed by atoms with Crippen LogP contribution in [0.3, 0.4) is 0 Å². The predicted molar refractivity (Wildman–Crippen MR) is 87.7 cm³/mol. The summed E-state index contributed by atoms with van der Waals surface area (Å²) < 4.78 is 24.4. The fraction of sp³-hybridized carbons (Fsp3) is 0.611. The number of hydrogen-bond donors (Lipinski definition) is 0. The molecule has 6 nitrogen and oxygen atoms in total. The molecule has 2 aliphatic heterocycles. The number of piperidine rings is 1. The fourth-order valence-electron chi connectivity index (χ4n) is 3.49. The third-order valence-corrected chi connectivity index (χ3v) is 4.47. The van der Waals surface area contributed by atoms with Gasteiger partial charge in [-0.3, -0.25) is 14.7 Å². The van der Waals surface area contributed by atoms with Gasteiger partial charge in [0.2, 0.25) is 0 Å². The smallest absolute Gasteiger partial charge is 0.410 e. The minimum absolute atomic E-state index is 0.134. The van der Waals surface area contributed by atoms with E-state index in [2.05, 4.69) is 4.98 Å². The molecule has 2 unspecified atom stereocenters. The summed E-state index contributed by atoms with van der Waals surface area (Å²) in [5.74, 6) is -0.958. The van der Waals surface area contributed by atoms with E-state index in [0.29, 0.717) is 26.1 Å². The third-order valence-electron chi connectivity index (χ3n) is 4.47. The average Bonchev–Trinajstić information content (AvgIpc) is 2.51. The number of aromatic nitrogens is 1. The number of ether oxygens (including phenoxy) is 2. The van der Waals surface area contributed by atoms with Crippen LogP contribution in [0.1, 0.15) is 44.1 Å². The Kier molecular flexibility index (Phi) is 4.77. The molecule has 0 N–H and O–H groups in total. The number of pyridine rings is 1. The summed E-state index contributed by atoms with van der Waals surface area (Å²) in [4.78, 5) is 30.9. The highest BCUT2D eigenvalue weighted by molar-refractivity contribution is 5.96. The summed E-state index contributed by atoms with van der Waals surface area (Å²) in [6, 6.07) is 1.94. The summed E-state index contributed by atoms with van der Waals surface area (Å²) in [6.07, 6.45) is 1.85. The Bertz CT molecular complexity index is 659. The number of halogens is 1. The largest absolute Gasteiger partial charge is 0.444 e. The lowest BCUT2D eigenvalue weighted by molar-refractivity contribution is -0.0861. The van der Waals surface area contributed by atoms with Crippen molar-refractivity contribution in [2.75, 3.05) is 13.2 Å². The van der Waals surface area contributed by atoms with E-state index >= 15 is 0 Å². The maximum Gasteiger partial charge on any atom is 0.410 e. The van der Waals surface area contributed by atoms with Crippen LogP contribution < -0.4 is 0 Å². The number of Topliss-reactive ketones (excluding diaryl/α,β-unsaturated/α-hetero) is 1. The lowest BCUT2D eigenvalue weighted by Crippen LogP contribution is -2.60. The molecule has 2 saturated heterocycles. The lowest BCUT2D eigenvalue weighted by atomic mass is 9.82. The van der Waals surface area contributed by atoms with E-state index in [4.69, 9.17) is 9.47 Å². The number of ketones is 1. The van der Waals surface area contributed by atoms with Gasteiger partial charge in [-0.15, -0.1) is 0 Å². The maximum absolute atomic E-state index is 13.4. The van der Waals surface area contributed by atoms with Crippen LogP contribution in [0.5, 0.6) is 0 Å². The van der Waals surface area contributed by atoms with Crippen LogP contribution in [0.4, 0.5) is 9.18 Å². The second-order valence-electron chi connectivity index (χ2n) is 7.62. The molecule has 7 heteroatoms. The summed E-state index contributed by atoms with van der Waals surface area (Å²) >= 11 is 0. The van der Waals surface area contributed by atoms with Gasteiger partial charge < -0.3 is 9.47 Å². The van der Waals surface area contributed by atoms with E-state index in [1.807, 2.05) is 20.8 Å². The molecule has 2 fully saturated rings. The van der Waals surface area contributed by atoms with E-state index in [0.717, 1.165) is 6.07 Å². The lowest BCUT2D eigenvalue weighted by Gasteiger charge is -2.47. The van der Waals surface area contributed by atoms with E-state index in [-0.39, 0.29) is 35.6 Å². The molecule has 0 radical (unpaired) electrons. The Morgan fingerprint density at radius 1 is 1.28 bits per heavy atom. The van der Waals surface area contributed by atoms with Crippen LogP contribution in [0, 0.1) is 11.7 Å². The van der Waals surface area contributed by atoms with Crippen LogP contribution in [0.25, 0.3) is 0 Å². The minimum Gasteiger partial charge on any atom is -0.444 e. The van der Waals surface area contributed by atoms with E-state index in [1.54, 1.807) is 4.90 Å². The maximum atomic E-state index is 13.4. The van der Waals surface area contributed by atoms with Crippen molar-refractivity contribution in [2.45, 2.75) is 51.3 Å². The van der Waals surface area contributed by atoms with E-state index in [1.165, 1.54) is 12.3 Å². The normalized spacial score (nSPS) is 26.2. The predicted octanol–water partition coefficient (Wildman–Crippen LogP) is 2.82. The molecule has 136 valence electrons. The molecular weight excluding hydrogens is 327 g/mol. The molecule has 1 aromatic heterocycles. The topological polar surface area (TPSA) is 68.7 Å². The van der Waals surface area contributed by atoms with Crippen LogP contribution in [-0.4, -0.2) is 52.7 Å². The molecule has 0 aliphatic carbocycles. The Balaban J connectivity index is 1.75. The molecule has 2 bridgehead atoms. The Labute approximate surface area is 146 Å². The first-order valence-electron chi connectivity index (χ1n) is 8.49. The first-order chi connectivity index (χ1) is 11.7. The van der Waals surface area contributed by atoms with Crippen molar-refractivity contribution in [2.24, 2.45) is 5.92 Å². The Hall–Kier alpha value is -2.02. The molecule has 2 aliphatic rings. The molecule has 0 aromatic carbocycles. The van der Waals surface area contributed by atoms with Crippen molar-refractivity contribution in [1.29, 1.82) is 0 Å². The average molecular weight is 350 g/mol. The number of fused-ring (bicyclic) bond motifs is 2. The Morgan fingerprint density at radius 2 is 1.92 bits per heavy atom. The second kappa shape index (κ2) is 6.71. The summed E-state index contributed by atoms with van der Waals surface area (Å²) in [7, 11) is 0. The van der Waals surface area contributed by atoms with Gasteiger partial charge in [0.1, 0.15) is 17.1 Å². The van der Waals surface area contributed by atoms with Gasteiger partial charge in [-0.1, -0.05) is 0 Å². The molecular formula is C18H23FN2O4. The molecule has 2 atom stereocenters. The van der Waals surface area contributed by atoms with Crippen molar-refractivity contribution in [3.05, 3.63) is 29.8 Å². The SMILES string of the molecule is CC(C)(C)OC(=O)N1C2COCC1CC(C(=O)c1cc(F)ccn1)C2. The zero-order chi connectivity index (χ0) is 18.2. The molecule has 25 heavy (non-hydrogen) atoms. The van der Waals surface area contributed by atoms with Crippen LogP contribution in [0.15, 0.2) is 18.3 Å². The van der Waals surface area contributed by atoms with Crippen LogP contribution >= 0.6 is 0 Å². The summed E-state index contributed by atoms with van der Waals surface area (Å²) in [5.41, 5.74) is -0.445. The van der Waals surface area contributed by atoms with Gasteiger partial charge in [0.05, 0.1) is 25.3 Å². The number of nitrogens with zero attached hydrogens (tertiary/aromatic N) is 2. The number of morpholine rings is 1. The fourth-order valence-corrected chi connectivity index (χ4v) is 3.49. The summed E-state index contributed by atoms with van der Waals surface area (Å²) in [5, 5.41) is 0. The molecule has 1 aromatic rings. The van der Waals surface area contributed by atoms with Gasteiger partial charge in [-0.2, -0.15) is 0 Å². The zero-order valence-corrected chi connectivity index (χ0v) is 14.7. The van der Waals surface area contributed by atoms with Gasteiger partial charge in [0.25, 0.3) is 0 Å². The van der Waals surface area contributed by atoms with Crippen molar-refractivity contribution < 1.29 is 23.5 Å². The molecule has 3 heterocycles. The van der Waals surface area contributed by atoms with Crippen LogP contribution in [-0.2, 0) is 9.47 Å². The number of carbonyl (C=O) groups is 2. The quantitative estimate of drug-likeness (QED) is 0.767. The van der Waals surface area contributed by atoms with Crippen molar-refractivity contribution in [3.8, 4) is 0 Å². The molecule has 3 rings (SSSR count). The van der Waals surface area contributed by atoms with Gasteiger partial charge in [-0.05, 0) is 39.7 Å². The van der Waals surface area contributed by atoms with Gasteiger partial charge in [-0.25, -0.2) is 9.18 Å². The highest BCUT2D eigenvalue weighted by Crippen LogP contribution is 2.34. The summed E-state index contributed by atoms with van der Waals surface area (Å²) in [6.45, 7) is 6.21. The molecule has 0 spiro atoms. The van der Waals surface area contributed by atoms with Gasteiger partial charge >= 0.3 is 6.09 Å². The Morgan fingerprint density at radius 3 is 2.48 bits per heavy atom. The first-order valence-corrected chi connectivity index (χ1v) is 8.49. The number of amides is 1. The van der Waals surface area contributed by atoms with Gasteiger partial charge in [0.15, 0.2) is 5.78 Å². The minimum atomic E-state index is -0.579. The van der Waals surface area contributed by atoms with E-state index < -0.39 is 11.4 Å².